The minimum atomic E-state index is -0.495. The van der Waals surface area contributed by atoms with Gasteiger partial charge in [0.2, 0.25) is 11.8 Å². The van der Waals surface area contributed by atoms with Gasteiger partial charge < -0.3 is 15.1 Å². The van der Waals surface area contributed by atoms with E-state index >= 15 is 0 Å². The number of carbonyl (C=O) groups is 1. The molecule has 2 heterocycles. The summed E-state index contributed by atoms with van der Waals surface area (Å²) in [6.45, 7) is 2.86. The van der Waals surface area contributed by atoms with Crippen LogP contribution in [0.4, 0.5) is 0 Å². The van der Waals surface area contributed by atoms with Gasteiger partial charge in [0.1, 0.15) is 6.54 Å². The van der Waals surface area contributed by atoms with Crippen LogP contribution in [0.3, 0.4) is 0 Å². The molecular formula is C15H19N2O4+. The Morgan fingerprint density at radius 1 is 1.14 bits per heavy atom. The number of hydrogen-bond acceptors (Lipinski definition) is 4. The van der Waals surface area contributed by atoms with Crippen LogP contribution in [0.2, 0.25) is 0 Å². The van der Waals surface area contributed by atoms with E-state index in [1.165, 1.54) is 17.7 Å². The van der Waals surface area contributed by atoms with E-state index in [4.69, 9.17) is 4.84 Å². The number of aromatic nitrogens is 2. The molecule has 0 fully saturated rings. The lowest BCUT2D eigenvalue weighted by Gasteiger charge is -2.06. The third-order valence-electron chi connectivity index (χ3n) is 3.10. The second-order valence-electron chi connectivity index (χ2n) is 4.88. The van der Waals surface area contributed by atoms with Crippen molar-refractivity contribution in [2.75, 3.05) is 0 Å². The van der Waals surface area contributed by atoms with E-state index in [2.05, 4.69) is 4.57 Å². The van der Waals surface area contributed by atoms with Gasteiger partial charge in [-0.25, -0.2) is 9.36 Å². The van der Waals surface area contributed by atoms with Crippen LogP contribution < -0.4 is 9.40 Å². The predicted octanol–water partition coefficient (Wildman–Crippen LogP) is 1.32. The summed E-state index contributed by atoms with van der Waals surface area (Å²) in [6.07, 6.45) is 5.74. The number of rotatable bonds is 6. The molecule has 0 radical (unpaired) electrons. The van der Waals surface area contributed by atoms with E-state index < -0.39 is 5.97 Å². The molecule has 0 atom stereocenters. The molecule has 0 aliphatic rings. The number of unbranched alkanes of at least 4 members (excludes halogenated alkanes) is 1. The molecule has 21 heavy (non-hydrogen) atoms. The largest absolute Gasteiger partial charge is 0.492 e. The number of aromatic hydroxyl groups is 2. The van der Waals surface area contributed by atoms with Crippen LogP contribution in [0.25, 0.3) is 0 Å². The Bertz CT molecular complexity index is 585. The molecule has 6 nitrogen and oxygen atoms in total. The van der Waals surface area contributed by atoms with E-state index in [-0.39, 0.29) is 18.2 Å². The first-order valence-electron chi connectivity index (χ1n) is 6.83. The molecular weight excluding hydrogens is 272 g/mol. The molecule has 0 spiro atoms. The molecule has 0 unspecified atom stereocenters. The summed E-state index contributed by atoms with van der Waals surface area (Å²) in [5.41, 5.74) is 1.21. The molecule has 0 aromatic carbocycles. The normalized spacial score (nSPS) is 10.5. The van der Waals surface area contributed by atoms with Crippen molar-refractivity contribution in [2.24, 2.45) is 0 Å². The van der Waals surface area contributed by atoms with E-state index in [1.807, 2.05) is 31.5 Å². The number of nitrogens with zero attached hydrogens (tertiary/aromatic N) is 2. The Hall–Kier alpha value is -2.50. The third kappa shape index (κ3) is 4.24. The highest BCUT2D eigenvalue weighted by Gasteiger charge is 2.12. The lowest BCUT2D eigenvalue weighted by atomic mass is 10.2. The third-order valence-corrected chi connectivity index (χ3v) is 3.10. The highest BCUT2D eigenvalue weighted by Crippen LogP contribution is 2.18. The number of aryl methyl sites for hydroxylation is 2. The van der Waals surface area contributed by atoms with Crippen LogP contribution in [0.15, 0.2) is 36.7 Å². The molecule has 0 aliphatic heterocycles. The van der Waals surface area contributed by atoms with Gasteiger partial charge in [0.05, 0.1) is 0 Å². The Morgan fingerprint density at radius 3 is 2.38 bits per heavy atom. The monoisotopic (exact) mass is 291 g/mol. The van der Waals surface area contributed by atoms with Gasteiger partial charge in [0, 0.05) is 37.1 Å². The van der Waals surface area contributed by atoms with Crippen LogP contribution in [-0.4, -0.2) is 20.9 Å². The van der Waals surface area contributed by atoms with Crippen LogP contribution >= 0.6 is 0 Å². The smallest absolute Gasteiger partial charge is 0.333 e. The highest BCUT2D eigenvalue weighted by molar-refractivity contribution is 5.69. The first-order valence-corrected chi connectivity index (χ1v) is 6.83. The topological polar surface area (TPSA) is 75.6 Å². The van der Waals surface area contributed by atoms with Gasteiger partial charge in [-0.05, 0) is 18.9 Å². The van der Waals surface area contributed by atoms with Crippen molar-refractivity contribution in [3.63, 3.8) is 0 Å². The summed E-state index contributed by atoms with van der Waals surface area (Å²) >= 11 is 0. The van der Waals surface area contributed by atoms with Crippen LogP contribution in [-0.2, 0) is 11.3 Å². The van der Waals surface area contributed by atoms with E-state index in [0.29, 0.717) is 11.2 Å². The molecule has 0 saturated heterocycles. The zero-order valence-electron chi connectivity index (χ0n) is 11.9. The molecule has 112 valence electrons. The molecule has 2 rings (SSSR count). The number of carbonyl (C=O) groups excluding carboxylic acids is 1. The average Bonchev–Trinajstić information content (AvgIpc) is 2.77. The van der Waals surface area contributed by atoms with Crippen LogP contribution in [0.1, 0.15) is 24.8 Å². The summed E-state index contributed by atoms with van der Waals surface area (Å²) in [7, 11) is 0. The number of pyridine rings is 1. The summed E-state index contributed by atoms with van der Waals surface area (Å²) in [5.74, 6) is -1.11. The molecule has 2 aromatic heterocycles. The molecule has 0 bridgehead atoms. The predicted molar refractivity (Wildman–Crippen MR) is 74.6 cm³/mol. The van der Waals surface area contributed by atoms with Crippen molar-refractivity contribution in [1.82, 2.24) is 4.73 Å². The van der Waals surface area contributed by atoms with Crippen molar-refractivity contribution in [1.29, 1.82) is 0 Å². The summed E-state index contributed by atoms with van der Waals surface area (Å²) in [4.78, 5) is 16.5. The SMILES string of the molecule is Cc1cc[n+](CCCCC(=O)On2c(O)ccc2O)cc1. The van der Waals surface area contributed by atoms with Crippen molar-refractivity contribution in [3.05, 3.63) is 42.2 Å². The van der Waals surface area contributed by atoms with Gasteiger partial charge >= 0.3 is 5.97 Å². The van der Waals surface area contributed by atoms with Gasteiger partial charge in [0.25, 0.3) is 0 Å². The van der Waals surface area contributed by atoms with E-state index in [1.54, 1.807) is 0 Å². The van der Waals surface area contributed by atoms with Crippen LogP contribution in [0.5, 0.6) is 11.8 Å². The highest BCUT2D eigenvalue weighted by atomic mass is 16.7. The standard InChI is InChI=1S/C15H18N2O4/c1-12-7-10-16(11-8-12)9-3-2-4-15(20)21-17-13(18)5-6-14(17)19/h5-8,10-11H,2-4,9H2,1H3,(H-,18,19)/p+1. The quantitative estimate of drug-likeness (QED) is 0.622. The second kappa shape index (κ2) is 6.78. The Labute approximate surface area is 122 Å². The van der Waals surface area contributed by atoms with Crippen molar-refractivity contribution >= 4 is 5.97 Å². The summed E-state index contributed by atoms with van der Waals surface area (Å²) < 4.78 is 2.76. The average molecular weight is 291 g/mol. The van der Waals surface area contributed by atoms with Crippen molar-refractivity contribution < 1.29 is 24.4 Å². The molecule has 6 heteroatoms. The minimum Gasteiger partial charge on any atom is -0.492 e. The zero-order chi connectivity index (χ0) is 15.2. The molecule has 0 saturated carbocycles. The van der Waals surface area contributed by atoms with Crippen molar-refractivity contribution in [2.45, 2.75) is 32.7 Å². The molecule has 2 N–H and O–H groups in total. The lowest BCUT2D eigenvalue weighted by molar-refractivity contribution is -0.697. The van der Waals surface area contributed by atoms with Gasteiger partial charge in [-0.1, -0.05) is 0 Å². The fourth-order valence-corrected chi connectivity index (χ4v) is 1.89. The maximum atomic E-state index is 11.6. The molecule has 0 aliphatic carbocycles. The Kier molecular flexibility index (Phi) is 4.81. The van der Waals surface area contributed by atoms with Gasteiger partial charge in [0.15, 0.2) is 12.4 Å². The van der Waals surface area contributed by atoms with Gasteiger partial charge in [-0.2, -0.15) is 0 Å². The zero-order valence-corrected chi connectivity index (χ0v) is 11.9. The fraction of sp³-hybridized carbons (Fsp3) is 0.333. The van der Waals surface area contributed by atoms with Crippen LogP contribution in [0, 0.1) is 6.92 Å². The van der Waals surface area contributed by atoms with Gasteiger partial charge in [-0.15, -0.1) is 4.73 Å². The van der Waals surface area contributed by atoms with Gasteiger partial charge in [-0.3, -0.25) is 0 Å². The molecule has 2 aromatic rings. The van der Waals surface area contributed by atoms with Crippen molar-refractivity contribution in [3.8, 4) is 11.8 Å². The first-order chi connectivity index (χ1) is 10.1. The lowest BCUT2D eigenvalue weighted by Crippen LogP contribution is -2.32. The first kappa shape index (κ1) is 14.9. The Morgan fingerprint density at radius 2 is 1.76 bits per heavy atom. The summed E-state index contributed by atoms with van der Waals surface area (Å²) in [6, 6.07) is 6.56. The Balaban J connectivity index is 1.71. The summed E-state index contributed by atoms with van der Waals surface area (Å²) in [5, 5.41) is 18.7. The van der Waals surface area contributed by atoms with E-state index in [9.17, 15) is 15.0 Å². The fourth-order valence-electron chi connectivity index (χ4n) is 1.89. The number of hydrogen-bond donors (Lipinski definition) is 2. The minimum absolute atomic E-state index is 0.226. The maximum absolute atomic E-state index is 11.6. The van der Waals surface area contributed by atoms with E-state index in [0.717, 1.165) is 13.0 Å². The maximum Gasteiger partial charge on any atom is 0.333 e. The molecule has 0 amide bonds. The second-order valence-corrected chi connectivity index (χ2v) is 4.88.